The fourth-order valence-corrected chi connectivity index (χ4v) is 4.37. The van der Waals surface area contributed by atoms with Crippen LogP contribution in [-0.2, 0) is 9.53 Å². The number of hydrogen-bond donors (Lipinski definition) is 0. The zero-order valence-electron chi connectivity index (χ0n) is 15.5. The van der Waals surface area contributed by atoms with Crippen molar-refractivity contribution in [3.8, 4) is 0 Å². The van der Waals surface area contributed by atoms with Gasteiger partial charge in [0.25, 0.3) is 5.91 Å². The molecule has 2 amide bonds. The van der Waals surface area contributed by atoms with Crippen LogP contribution < -0.4 is 4.90 Å². The molecule has 3 fully saturated rings. The summed E-state index contributed by atoms with van der Waals surface area (Å²) in [6.45, 7) is 6.62. The van der Waals surface area contributed by atoms with E-state index in [2.05, 4.69) is 4.90 Å². The molecule has 4 rings (SSSR count). The minimum absolute atomic E-state index is 0.00906. The van der Waals surface area contributed by atoms with Gasteiger partial charge in [-0.15, -0.1) is 0 Å². The molecule has 0 aromatic heterocycles. The number of halogens is 1. The lowest BCUT2D eigenvalue weighted by molar-refractivity contribution is -0.117. The lowest BCUT2D eigenvalue weighted by Crippen LogP contribution is -2.50. The van der Waals surface area contributed by atoms with Crippen molar-refractivity contribution in [2.45, 2.75) is 19.3 Å². The van der Waals surface area contributed by atoms with Gasteiger partial charge in [0.05, 0.1) is 17.9 Å². The van der Waals surface area contributed by atoms with Gasteiger partial charge >= 0.3 is 0 Å². The number of rotatable bonds is 4. The van der Waals surface area contributed by atoms with Crippen LogP contribution in [0.25, 0.3) is 0 Å². The molecule has 3 aliphatic heterocycles. The first-order valence-corrected chi connectivity index (χ1v) is 10.2. The normalized spacial score (nSPS) is 24.0. The third-order valence-corrected chi connectivity index (χ3v) is 5.99. The summed E-state index contributed by atoms with van der Waals surface area (Å²) in [5.74, 6) is 0.677. The number of piperazine rings is 1. The molecule has 1 atom stereocenters. The van der Waals surface area contributed by atoms with E-state index in [-0.39, 0.29) is 11.8 Å². The molecule has 3 saturated heterocycles. The van der Waals surface area contributed by atoms with E-state index in [9.17, 15) is 9.59 Å². The van der Waals surface area contributed by atoms with Gasteiger partial charge in [0.1, 0.15) is 0 Å². The van der Waals surface area contributed by atoms with Crippen LogP contribution in [0, 0.1) is 5.92 Å². The standard InChI is InChI=1S/C20H26ClN3O3/c21-16-3-4-17(18(12-16)24-6-1-2-19(24)25)20(26)23-9-7-22(8-10-23)13-15-5-11-27-14-15/h3-4,12,15H,1-2,5-11,13-14H2. The zero-order valence-corrected chi connectivity index (χ0v) is 16.3. The molecule has 0 aliphatic carbocycles. The number of carbonyl (C=O) groups excluding carboxylic acids is 2. The molecule has 0 N–H and O–H groups in total. The van der Waals surface area contributed by atoms with Crippen molar-refractivity contribution in [2.75, 3.05) is 57.4 Å². The Morgan fingerprint density at radius 2 is 2.00 bits per heavy atom. The fraction of sp³-hybridized carbons (Fsp3) is 0.600. The molecule has 0 bridgehead atoms. The van der Waals surface area contributed by atoms with Crippen molar-refractivity contribution in [1.82, 2.24) is 9.80 Å². The monoisotopic (exact) mass is 391 g/mol. The number of ether oxygens (including phenoxy) is 1. The van der Waals surface area contributed by atoms with Crippen molar-refractivity contribution >= 4 is 29.1 Å². The molecule has 146 valence electrons. The summed E-state index contributed by atoms with van der Waals surface area (Å²) >= 11 is 6.15. The molecule has 27 heavy (non-hydrogen) atoms. The van der Waals surface area contributed by atoms with Crippen LogP contribution in [0.3, 0.4) is 0 Å². The molecule has 7 heteroatoms. The van der Waals surface area contributed by atoms with E-state index in [4.69, 9.17) is 16.3 Å². The third kappa shape index (κ3) is 4.13. The highest BCUT2D eigenvalue weighted by Crippen LogP contribution is 2.30. The van der Waals surface area contributed by atoms with Crippen LogP contribution in [0.2, 0.25) is 5.02 Å². The van der Waals surface area contributed by atoms with Crippen molar-refractivity contribution < 1.29 is 14.3 Å². The molecule has 0 saturated carbocycles. The van der Waals surface area contributed by atoms with Crippen molar-refractivity contribution in [3.05, 3.63) is 28.8 Å². The Bertz CT molecular complexity index is 712. The maximum absolute atomic E-state index is 13.2. The highest BCUT2D eigenvalue weighted by atomic mass is 35.5. The van der Waals surface area contributed by atoms with Gasteiger partial charge in [-0.05, 0) is 37.0 Å². The summed E-state index contributed by atoms with van der Waals surface area (Å²) in [4.78, 5) is 31.4. The van der Waals surface area contributed by atoms with E-state index in [0.29, 0.717) is 48.2 Å². The fourth-order valence-electron chi connectivity index (χ4n) is 4.21. The highest BCUT2D eigenvalue weighted by molar-refractivity contribution is 6.31. The Kier molecular flexibility index (Phi) is 5.66. The van der Waals surface area contributed by atoms with Crippen molar-refractivity contribution in [1.29, 1.82) is 0 Å². The number of amides is 2. The topological polar surface area (TPSA) is 53.1 Å². The summed E-state index contributed by atoms with van der Waals surface area (Å²) in [5.41, 5.74) is 1.23. The Labute approximate surface area is 165 Å². The second-order valence-corrected chi connectivity index (χ2v) is 8.07. The number of anilines is 1. The number of benzene rings is 1. The van der Waals surface area contributed by atoms with Crippen LogP contribution in [0.1, 0.15) is 29.6 Å². The van der Waals surface area contributed by atoms with E-state index in [1.165, 1.54) is 0 Å². The second-order valence-electron chi connectivity index (χ2n) is 7.63. The first-order valence-electron chi connectivity index (χ1n) is 9.81. The van der Waals surface area contributed by atoms with Crippen LogP contribution in [0.15, 0.2) is 18.2 Å². The molecule has 0 radical (unpaired) electrons. The predicted molar refractivity (Wildman–Crippen MR) is 104 cm³/mol. The second kappa shape index (κ2) is 8.17. The minimum atomic E-state index is -0.00906. The molecule has 3 aliphatic rings. The van der Waals surface area contributed by atoms with Crippen molar-refractivity contribution in [3.63, 3.8) is 0 Å². The smallest absolute Gasteiger partial charge is 0.256 e. The SMILES string of the molecule is O=C(c1ccc(Cl)cc1N1CCCC1=O)N1CCN(CC2CCOC2)CC1. The van der Waals surface area contributed by atoms with E-state index in [1.54, 1.807) is 23.1 Å². The number of hydrogen-bond acceptors (Lipinski definition) is 4. The Morgan fingerprint density at radius 1 is 1.19 bits per heavy atom. The predicted octanol–water partition coefficient (Wildman–Crippen LogP) is 2.26. The van der Waals surface area contributed by atoms with Crippen LogP contribution in [0.4, 0.5) is 5.69 Å². The average Bonchev–Trinajstić information content (AvgIpc) is 3.33. The van der Waals surface area contributed by atoms with E-state index < -0.39 is 0 Å². The maximum atomic E-state index is 13.2. The van der Waals surface area contributed by atoms with E-state index in [0.717, 1.165) is 45.7 Å². The van der Waals surface area contributed by atoms with Gasteiger partial charge in [0.2, 0.25) is 5.91 Å². The zero-order chi connectivity index (χ0) is 18.8. The number of carbonyl (C=O) groups is 2. The van der Waals surface area contributed by atoms with Gasteiger partial charge in [-0.3, -0.25) is 14.5 Å². The summed E-state index contributed by atoms with van der Waals surface area (Å²) < 4.78 is 5.46. The molecular formula is C20H26ClN3O3. The Morgan fingerprint density at radius 3 is 2.67 bits per heavy atom. The molecule has 1 aromatic rings. The van der Waals surface area contributed by atoms with Gasteiger partial charge in [-0.25, -0.2) is 0 Å². The Balaban J connectivity index is 1.43. The van der Waals surface area contributed by atoms with E-state index >= 15 is 0 Å². The first kappa shape index (κ1) is 18.7. The minimum Gasteiger partial charge on any atom is -0.381 e. The van der Waals surface area contributed by atoms with Crippen LogP contribution in [0.5, 0.6) is 0 Å². The highest BCUT2D eigenvalue weighted by Gasteiger charge is 2.30. The van der Waals surface area contributed by atoms with Crippen LogP contribution in [-0.4, -0.2) is 74.1 Å². The maximum Gasteiger partial charge on any atom is 0.256 e. The van der Waals surface area contributed by atoms with Gasteiger partial charge < -0.3 is 14.5 Å². The van der Waals surface area contributed by atoms with Gasteiger partial charge in [0, 0.05) is 57.3 Å². The largest absolute Gasteiger partial charge is 0.381 e. The average molecular weight is 392 g/mol. The lowest BCUT2D eigenvalue weighted by atomic mass is 10.1. The molecule has 1 aromatic carbocycles. The summed E-state index contributed by atoms with van der Waals surface area (Å²) in [7, 11) is 0. The van der Waals surface area contributed by atoms with Crippen molar-refractivity contribution in [2.24, 2.45) is 5.92 Å². The summed E-state index contributed by atoms with van der Waals surface area (Å²) in [6, 6.07) is 5.23. The van der Waals surface area contributed by atoms with Gasteiger partial charge in [0.15, 0.2) is 0 Å². The van der Waals surface area contributed by atoms with Crippen LogP contribution >= 0.6 is 11.6 Å². The van der Waals surface area contributed by atoms with E-state index in [1.807, 2.05) is 4.90 Å². The third-order valence-electron chi connectivity index (χ3n) is 5.75. The Hall–Kier alpha value is -1.63. The molecular weight excluding hydrogens is 366 g/mol. The van der Waals surface area contributed by atoms with Gasteiger partial charge in [-0.1, -0.05) is 11.6 Å². The summed E-state index contributed by atoms with van der Waals surface area (Å²) in [6.07, 6.45) is 2.49. The quantitative estimate of drug-likeness (QED) is 0.790. The first-order chi connectivity index (χ1) is 13.1. The molecule has 1 unspecified atom stereocenters. The molecule has 6 nitrogen and oxygen atoms in total. The number of nitrogens with zero attached hydrogens (tertiary/aromatic N) is 3. The molecule has 3 heterocycles. The summed E-state index contributed by atoms with van der Waals surface area (Å²) in [5, 5.41) is 0.546. The lowest BCUT2D eigenvalue weighted by Gasteiger charge is -2.36. The molecule has 0 spiro atoms. The van der Waals surface area contributed by atoms with Gasteiger partial charge in [-0.2, -0.15) is 0 Å².